The summed E-state index contributed by atoms with van der Waals surface area (Å²) in [6.07, 6.45) is 1.06. The third-order valence-electron chi connectivity index (χ3n) is 5.86. The maximum absolute atomic E-state index is 12.6. The van der Waals surface area contributed by atoms with Crippen molar-refractivity contribution in [2.45, 2.75) is 19.0 Å². The molecule has 8 nitrogen and oxygen atoms in total. The van der Waals surface area contributed by atoms with Gasteiger partial charge in [0.15, 0.2) is 5.96 Å². The fourth-order valence-corrected chi connectivity index (χ4v) is 4.08. The molecule has 8 heteroatoms. The van der Waals surface area contributed by atoms with E-state index >= 15 is 0 Å². The first-order valence-corrected chi connectivity index (χ1v) is 11.0. The van der Waals surface area contributed by atoms with Gasteiger partial charge in [-0.05, 0) is 36.2 Å². The Kier molecular flexibility index (Phi) is 6.89. The topological polar surface area (TPSA) is 89.1 Å². The first-order chi connectivity index (χ1) is 15.6. The smallest absolute Gasteiger partial charge is 0.254 e. The molecule has 1 unspecified atom stereocenters. The summed E-state index contributed by atoms with van der Waals surface area (Å²) in [5, 5.41) is 9.60. The number of nitrogens with one attached hydrogen (secondary N) is 3. The van der Waals surface area contributed by atoms with Crippen LogP contribution in [0.15, 0.2) is 59.6 Å². The van der Waals surface area contributed by atoms with Crippen molar-refractivity contribution in [1.82, 2.24) is 20.9 Å². The minimum absolute atomic E-state index is 0.110. The second kappa shape index (κ2) is 10.2. The Morgan fingerprint density at radius 2 is 1.91 bits per heavy atom. The molecule has 3 N–H and O–H groups in total. The zero-order chi connectivity index (χ0) is 22.3. The van der Waals surface area contributed by atoms with Gasteiger partial charge in [-0.1, -0.05) is 30.3 Å². The summed E-state index contributed by atoms with van der Waals surface area (Å²) >= 11 is 0. The molecule has 1 atom stereocenters. The molecule has 0 aromatic heterocycles. The van der Waals surface area contributed by atoms with Gasteiger partial charge in [-0.2, -0.15) is 0 Å². The van der Waals surface area contributed by atoms with Gasteiger partial charge in [0.1, 0.15) is 0 Å². The van der Waals surface area contributed by atoms with Crippen molar-refractivity contribution >= 4 is 23.5 Å². The Labute approximate surface area is 188 Å². The third-order valence-corrected chi connectivity index (χ3v) is 5.86. The molecule has 2 aliphatic heterocycles. The van der Waals surface area contributed by atoms with Gasteiger partial charge in [0, 0.05) is 57.1 Å². The van der Waals surface area contributed by atoms with Crippen molar-refractivity contribution in [3.8, 4) is 0 Å². The molecule has 2 aliphatic rings. The molecule has 2 aromatic carbocycles. The Hall–Kier alpha value is -3.55. The predicted molar refractivity (Wildman–Crippen MR) is 126 cm³/mol. The van der Waals surface area contributed by atoms with E-state index in [0.717, 1.165) is 31.0 Å². The largest absolute Gasteiger partial charge is 0.369 e. The number of hydrogen-bond donors (Lipinski definition) is 3. The van der Waals surface area contributed by atoms with Crippen LogP contribution < -0.4 is 20.9 Å². The molecule has 0 radical (unpaired) electrons. The van der Waals surface area contributed by atoms with Crippen molar-refractivity contribution in [3.63, 3.8) is 0 Å². The summed E-state index contributed by atoms with van der Waals surface area (Å²) in [4.78, 5) is 32.4. The maximum atomic E-state index is 12.6. The molecule has 2 heterocycles. The van der Waals surface area contributed by atoms with E-state index in [2.05, 4.69) is 50.1 Å². The van der Waals surface area contributed by atoms with Crippen LogP contribution in [0, 0.1) is 0 Å². The average Bonchev–Trinajstić information content (AvgIpc) is 3.31. The average molecular weight is 435 g/mol. The van der Waals surface area contributed by atoms with Gasteiger partial charge in [-0.3, -0.25) is 14.6 Å². The molecule has 0 saturated carbocycles. The van der Waals surface area contributed by atoms with Crippen LogP contribution in [0.1, 0.15) is 22.3 Å². The van der Waals surface area contributed by atoms with E-state index in [1.807, 2.05) is 30.3 Å². The monoisotopic (exact) mass is 434 g/mol. The number of piperazine rings is 1. The number of rotatable bonds is 5. The fraction of sp³-hybridized carbons (Fsp3) is 0.375. The van der Waals surface area contributed by atoms with Gasteiger partial charge in [-0.15, -0.1) is 0 Å². The molecule has 168 valence electrons. The van der Waals surface area contributed by atoms with Crippen LogP contribution in [-0.2, 0) is 11.3 Å². The highest BCUT2D eigenvalue weighted by atomic mass is 16.2. The number of anilines is 1. The summed E-state index contributed by atoms with van der Waals surface area (Å²) in [5.41, 5.74) is 2.90. The maximum Gasteiger partial charge on any atom is 0.254 e. The summed E-state index contributed by atoms with van der Waals surface area (Å²) in [6, 6.07) is 18.3. The van der Waals surface area contributed by atoms with Gasteiger partial charge in [0.05, 0.1) is 6.54 Å². The number of hydrogen-bond acceptors (Lipinski definition) is 4. The van der Waals surface area contributed by atoms with Crippen LogP contribution in [0.5, 0.6) is 0 Å². The number of carbonyl (C=O) groups excluding carboxylic acids is 2. The molecule has 4 rings (SSSR count). The van der Waals surface area contributed by atoms with Crippen molar-refractivity contribution in [2.75, 3.05) is 44.7 Å². The number of aliphatic imine (C=N–C) groups is 1. The van der Waals surface area contributed by atoms with E-state index in [1.165, 1.54) is 5.69 Å². The third kappa shape index (κ3) is 5.38. The molecule has 0 spiro atoms. The molecule has 32 heavy (non-hydrogen) atoms. The van der Waals surface area contributed by atoms with Crippen LogP contribution in [-0.4, -0.2) is 68.5 Å². The van der Waals surface area contributed by atoms with Crippen LogP contribution >= 0.6 is 0 Å². The van der Waals surface area contributed by atoms with Crippen LogP contribution in [0.25, 0.3) is 0 Å². The SMILES string of the molecule is CN=C(NCc1ccc(C(=O)N2CCNC(=O)C2)cc1)NC1CCN(c2ccccc2)C1. The number of benzene rings is 2. The van der Waals surface area contributed by atoms with Gasteiger partial charge in [0.2, 0.25) is 5.91 Å². The first-order valence-electron chi connectivity index (χ1n) is 11.0. The van der Waals surface area contributed by atoms with Crippen LogP contribution in [0.4, 0.5) is 5.69 Å². The quantitative estimate of drug-likeness (QED) is 0.486. The van der Waals surface area contributed by atoms with E-state index in [9.17, 15) is 9.59 Å². The van der Waals surface area contributed by atoms with Gasteiger partial charge < -0.3 is 25.8 Å². The van der Waals surface area contributed by atoms with Crippen molar-refractivity contribution in [3.05, 3.63) is 65.7 Å². The van der Waals surface area contributed by atoms with Gasteiger partial charge >= 0.3 is 0 Å². The normalized spacial score (nSPS) is 19.0. The lowest BCUT2D eigenvalue weighted by molar-refractivity contribution is -0.123. The zero-order valence-corrected chi connectivity index (χ0v) is 18.4. The minimum atomic E-state index is -0.113. The van der Waals surface area contributed by atoms with E-state index < -0.39 is 0 Å². The Morgan fingerprint density at radius 1 is 1.12 bits per heavy atom. The van der Waals surface area contributed by atoms with Crippen molar-refractivity contribution in [1.29, 1.82) is 0 Å². The zero-order valence-electron chi connectivity index (χ0n) is 18.4. The summed E-state index contributed by atoms with van der Waals surface area (Å²) in [7, 11) is 1.77. The second-order valence-corrected chi connectivity index (χ2v) is 8.11. The lowest BCUT2D eigenvalue weighted by Gasteiger charge is -2.26. The molecular formula is C24H30N6O2. The van der Waals surface area contributed by atoms with Gasteiger partial charge in [-0.25, -0.2) is 0 Å². The molecule has 2 saturated heterocycles. The number of nitrogens with zero attached hydrogens (tertiary/aromatic N) is 3. The molecule has 0 aliphatic carbocycles. The molecule has 2 fully saturated rings. The summed E-state index contributed by atoms with van der Waals surface area (Å²) < 4.78 is 0. The van der Waals surface area contributed by atoms with Crippen molar-refractivity contribution < 1.29 is 9.59 Å². The molecule has 0 bridgehead atoms. The predicted octanol–water partition coefficient (Wildman–Crippen LogP) is 1.20. The minimum Gasteiger partial charge on any atom is -0.369 e. The Morgan fingerprint density at radius 3 is 2.62 bits per heavy atom. The van der Waals surface area contributed by atoms with Gasteiger partial charge in [0.25, 0.3) is 5.91 Å². The van der Waals surface area contributed by atoms with E-state index in [4.69, 9.17) is 0 Å². The fourth-order valence-electron chi connectivity index (χ4n) is 4.08. The van der Waals surface area contributed by atoms with Crippen molar-refractivity contribution in [2.24, 2.45) is 4.99 Å². The van der Waals surface area contributed by atoms with E-state index in [0.29, 0.717) is 31.2 Å². The standard InChI is InChI=1S/C24H30N6O2/c1-25-24(28-20-11-13-29(16-20)21-5-3-2-4-6-21)27-15-18-7-9-19(10-8-18)23(32)30-14-12-26-22(31)17-30/h2-10,20H,11-17H2,1H3,(H,26,31)(H2,25,27,28). The number of guanidine groups is 1. The molecule has 2 amide bonds. The van der Waals surface area contributed by atoms with E-state index in [-0.39, 0.29) is 18.4 Å². The van der Waals surface area contributed by atoms with Crippen LogP contribution in [0.3, 0.4) is 0 Å². The van der Waals surface area contributed by atoms with Crippen LogP contribution in [0.2, 0.25) is 0 Å². The summed E-state index contributed by atoms with van der Waals surface area (Å²) in [6.45, 7) is 3.73. The highest BCUT2D eigenvalue weighted by Gasteiger charge is 2.24. The molecular weight excluding hydrogens is 404 g/mol. The Balaban J connectivity index is 1.26. The highest BCUT2D eigenvalue weighted by Crippen LogP contribution is 2.19. The second-order valence-electron chi connectivity index (χ2n) is 8.11. The number of amides is 2. The molecule has 2 aromatic rings. The number of carbonyl (C=O) groups is 2. The van der Waals surface area contributed by atoms with E-state index in [1.54, 1.807) is 11.9 Å². The summed E-state index contributed by atoms with van der Waals surface area (Å²) in [5.74, 6) is 0.545. The Bertz CT molecular complexity index is 960. The lowest BCUT2D eigenvalue weighted by Crippen LogP contribution is -2.49. The highest BCUT2D eigenvalue weighted by molar-refractivity contribution is 5.97. The lowest BCUT2D eigenvalue weighted by atomic mass is 10.1. The first kappa shape index (κ1) is 21.7. The number of para-hydroxylation sites is 1.